The maximum atomic E-state index is 11.1. The largest absolute Gasteiger partial charge is 0.364 e. The lowest BCUT2D eigenvalue weighted by molar-refractivity contribution is 0.576. The molecule has 1 heterocycles. The summed E-state index contributed by atoms with van der Waals surface area (Å²) in [6.07, 6.45) is 0. The van der Waals surface area contributed by atoms with Gasteiger partial charge in [-0.3, -0.25) is 4.79 Å². The van der Waals surface area contributed by atoms with Gasteiger partial charge >= 0.3 is 0 Å². The van der Waals surface area contributed by atoms with E-state index in [0.717, 1.165) is 0 Å². The monoisotopic (exact) mass is 196 g/mol. The highest BCUT2D eigenvalue weighted by Crippen LogP contribution is 2.08. The minimum Gasteiger partial charge on any atom is -0.364 e. The molecule has 1 aromatic heterocycles. The summed E-state index contributed by atoms with van der Waals surface area (Å²) in [5, 5.41) is 3.09. The first-order valence-electron chi connectivity index (χ1n) is 4.49. The molecule has 0 aliphatic heterocycles. The number of nitrogens with zero attached hydrogens (tertiary/aromatic N) is 1. The molecule has 5 heteroatoms. The SMILES string of the molecule is Cc1nc(NC(C)(C)CN)cc(=O)[nH]1. The van der Waals surface area contributed by atoms with Crippen molar-refractivity contribution in [3.05, 3.63) is 22.2 Å². The number of anilines is 1. The number of hydrogen-bond acceptors (Lipinski definition) is 4. The van der Waals surface area contributed by atoms with Crippen LogP contribution in [0.1, 0.15) is 19.7 Å². The first kappa shape index (κ1) is 10.7. The Morgan fingerprint density at radius 1 is 1.64 bits per heavy atom. The Morgan fingerprint density at radius 2 is 2.29 bits per heavy atom. The molecule has 0 unspecified atom stereocenters. The Bertz CT molecular complexity index is 369. The summed E-state index contributed by atoms with van der Waals surface area (Å²) in [7, 11) is 0. The summed E-state index contributed by atoms with van der Waals surface area (Å²) in [4.78, 5) is 17.8. The predicted molar refractivity (Wildman–Crippen MR) is 56.4 cm³/mol. The van der Waals surface area contributed by atoms with E-state index >= 15 is 0 Å². The Kier molecular flexibility index (Phi) is 2.90. The molecule has 0 spiro atoms. The summed E-state index contributed by atoms with van der Waals surface area (Å²) in [5.41, 5.74) is 5.14. The lowest BCUT2D eigenvalue weighted by atomic mass is 10.1. The average molecular weight is 196 g/mol. The van der Waals surface area contributed by atoms with Crippen molar-refractivity contribution in [2.45, 2.75) is 26.3 Å². The van der Waals surface area contributed by atoms with Crippen LogP contribution in [0.5, 0.6) is 0 Å². The molecule has 0 aromatic carbocycles. The molecular formula is C9H16N4O. The Hall–Kier alpha value is -1.36. The van der Waals surface area contributed by atoms with Crippen molar-refractivity contribution in [3.63, 3.8) is 0 Å². The van der Waals surface area contributed by atoms with Crippen LogP contribution in [0.2, 0.25) is 0 Å². The van der Waals surface area contributed by atoms with Crippen LogP contribution < -0.4 is 16.6 Å². The number of H-pyrrole nitrogens is 1. The van der Waals surface area contributed by atoms with E-state index in [4.69, 9.17) is 5.73 Å². The van der Waals surface area contributed by atoms with E-state index in [1.165, 1.54) is 6.07 Å². The molecule has 1 aromatic rings. The summed E-state index contributed by atoms with van der Waals surface area (Å²) in [6.45, 7) is 6.11. The number of hydrogen-bond donors (Lipinski definition) is 3. The molecule has 5 nitrogen and oxygen atoms in total. The van der Waals surface area contributed by atoms with Crippen LogP contribution >= 0.6 is 0 Å². The number of aromatic amines is 1. The minimum atomic E-state index is -0.257. The van der Waals surface area contributed by atoms with Gasteiger partial charge in [0.15, 0.2) is 0 Å². The standard InChI is InChI=1S/C9H16N4O/c1-6-11-7(4-8(14)12-6)13-9(2,3)5-10/h4H,5,10H2,1-3H3,(H2,11,12,13,14). The van der Waals surface area contributed by atoms with Crippen LogP contribution in [-0.4, -0.2) is 22.1 Å². The summed E-state index contributed by atoms with van der Waals surface area (Å²) in [5.74, 6) is 1.15. The number of rotatable bonds is 3. The molecule has 0 saturated heterocycles. The van der Waals surface area contributed by atoms with E-state index in [1.807, 2.05) is 13.8 Å². The third-order valence-corrected chi connectivity index (χ3v) is 1.84. The van der Waals surface area contributed by atoms with Gasteiger partial charge < -0.3 is 16.0 Å². The van der Waals surface area contributed by atoms with E-state index < -0.39 is 0 Å². The van der Waals surface area contributed by atoms with E-state index in [0.29, 0.717) is 18.2 Å². The third kappa shape index (κ3) is 2.85. The van der Waals surface area contributed by atoms with Gasteiger partial charge in [-0.05, 0) is 20.8 Å². The maximum absolute atomic E-state index is 11.1. The predicted octanol–water partition coefficient (Wildman–Crippen LogP) is 0.228. The van der Waals surface area contributed by atoms with Crippen molar-refractivity contribution in [3.8, 4) is 0 Å². The Balaban J connectivity index is 2.92. The fourth-order valence-corrected chi connectivity index (χ4v) is 1.04. The molecule has 0 aliphatic rings. The molecular weight excluding hydrogens is 180 g/mol. The molecule has 14 heavy (non-hydrogen) atoms. The van der Waals surface area contributed by atoms with E-state index in [9.17, 15) is 4.79 Å². The lowest BCUT2D eigenvalue weighted by Gasteiger charge is -2.24. The summed E-state index contributed by atoms with van der Waals surface area (Å²) >= 11 is 0. The van der Waals surface area contributed by atoms with Crippen LogP contribution in [0.25, 0.3) is 0 Å². The molecule has 0 amide bonds. The Labute approximate surface area is 82.7 Å². The molecule has 4 N–H and O–H groups in total. The minimum absolute atomic E-state index is 0.159. The molecule has 0 fully saturated rings. The number of nitrogens with two attached hydrogens (primary N) is 1. The van der Waals surface area contributed by atoms with Crippen molar-refractivity contribution in [2.75, 3.05) is 11.9 Å². The van der Waals surface area contributed by atoms with Gasteiger partial charge in [-0.1, -0.05) is 0 Å². The van der Waals surface area contributed by atoms with Gasteiger partial charge in [0.1, 0.15) is 11.6 Å². The molecule has 78 valence electrons. The highest BCUT2D eigenvalue weighted by Gasteiger charge is 2.15. The zero-order chi connectivity index (χ0) is 10.8. The second-order valence-corrected chi connectivity index (χ2v) is 3.93. The fourth-order valence-electron chi connectivity index (χ4n) is 1.04. The highest BCUT2D eigenvalue weighted by atomic mass is 16.1. The van der Waals surface area contributed by atoms with E-state index in [-0.39, 0.29) is 11.1 Å². The zero-order valence-corrected chi connectivity index (χ0v) is 8.72. The van der Waals surface area contributed by atoms with Gasteiger partial charge in [0.05, 0.1) is 0 Å². The van der Waals surface area contributed by atoms with Gasteiger partial charge in [-0.25, -0.2) is 4.98 Å². The molecule has 0 aliphatic carbocycles. The quantitative estimate of drug-likeness (QED) is 0.646. The maximum Gasteiger partial charge on any atom is 0.252 e. The van der Waals surface area contributed by atoms with Gasteiger partial charge in [-0.15, -0.1) is 0 Å². The second-order valence-electron chi connectivity index (χ2n) is 3.93. The van der Waals surface area contributed by atoms with Crippen LogP contribution in [0, 0.1) is 6.92 Å². The van der Waals surface area contributed by atoms with Crippen molar-refractivity contribution >= 4 is 5.82 Å². The van der Waals surface area contributed by atoms with Crippen LogP contribution in [0.4, 0.5) is 5.82 Å². The zero-order valence-electron chi connectivity index (χ0n) is 8.72. The normalized spacial score (nSPS) is 11.4. The first-order valence-corrected chi connectivity index (χ1v) is 4.49. The molecule has 0 bridgehead atoms. The first-order chi connectivity index (χ1) is 6.43. The van der Waals surface area contributed by atoms with E-state index in [1.54, 1.807) is 6.92 Å². The molecule has 0 atom stereocenters. The Morgan fingerprint density at radius 3 is 2.79 bits per heavy atom. The fraction of sp³-hybridized carbons (Fsp3) is 0.556. The average Bonchev–Trinajstić information content (AvgIpc) is 2.01. The van der Waals surface area contributed by atoms with Gasteiger partial charge in [0, 0.05) is 18.2 Å². The van der Waals surface area contributed by atoms with E-state index in [2.05, 4.69) is 15.3 Å². The molecule has 0 saturated carbocycles. The van der Waals surface area contributed by atoms with Crippen molar-refractivity contribution in [1.82, 2.24) is 9.97 Å². The van der Waals surface area contributed by atoms with Crippen LogP contribution in [0.15, 0.2) is 10.9 Å². The number of nitrogens with one attached hydrogen (secondary N) is 2. The van der Waals surface area contributed by atoms with Crippen LogP contribution in [0.3, 0.4) is 0 Å². The summed E-state index contributed by atoms with van der Waals surface area (Å²) in [6, 6.07) is 1.42. The second kappa shape index (κ2) is 3.79. The van der Waals surface area contributed by atoms with Crippen molar-refractivity contribution in [1.29, 1.82) is 0 Å². The molecule has 1 rings (SSSR count). The van der Waals surface area contributed by atoms with Crippen LogP contribution in [-0.2, 0) is 0 Å². The third-order valence-electron chi connectivity index (χ3n) is 1.84. The molecule has 0 radical (unpaired) electrons. The topological polar surface area (TPSA) is 83.8 Å². The summed E-state index contributed by atoms with van der Waals surface area (Å²) < 4.78 is 0. The van der Waals surface area contributed by atoms with Crippen molar-refractivity contribution in [2.24, 2.45) is 5.73 Å². The number of aryl methyl sites for hydroxylation is 1. The van der Waals surface area contributed by atoms with Gasteiger partial charge in [0.2, 0.25) is 0 Å². The number of aromatic nitrogens is 2. The van der Waals surface area contributed by atoms with Gasteiger partial charge in [0.25, 0.3) is 5.56 Å². The lowest BCUT2D eigenvalue weighted by Crippen LogP contribution is -2.39. The van der Waals surface area contributed by atoms with Crippen molar-refractivity contribution < 1.29 is 0 Å². The smallest absolute Gasteiger partial charge is 0.252 e. The highest BCUT2D eigenvalue weighted by molar-refractivity contribution is 5.36. The van der Waals surface area contributed by atoms with Gasteiger partial charge in [-0.2, -0.15) is 0 Å².